The predicted octanol–water partition coefficient (Wildman–Crippen LogP) is 3.49. The number of nitrogens with zero attached hydrogens (tertiary/aromatic N) is 1. The number of amides is 1. The van der Waals surface area contributed by atoms with Crippen LogP contribution in [0.1, 0.15) is 29.6 Å². The molecule has 0 spiro atoms. The summed E-state index contributed by atoms with van der Waals surface area (Å²) in [5.41, 5.74) is 6.40. The summed E-state index contributed by atoms with van der Waals surface area (Å²) in [4.78, 5) is 14.8. The van der Waals surface area contributed by atoms with Gasteiger partial charge in [-0.2, -0.15) is 0 Å². The van der Waals surface area contributed by atoms with Gasteiger partial charge < -0.3 is 10.6 Å². The Balaban J connectivity index is 2.28. The van der Waals surface area contributed by atoms with Crippen LogP contribution in [0.15, 0.2) is 27.1 Å². The first kappa shape index (κ1) is 14.9. The first-order valence-electron chi connectivity index (χ1n) is 6.06. The van der Waals surface area contributed by atoms with Crippen molar-refractivity contribution in [1.82, 2.24) is 4.90 Å². The average molecular weight is 406 g/mol. The third-order valence-electron chi connectivity index (χ3n) is 3.25. The summed E-state index contributed by atoms with van der Waals surface area (Å²) in [6.45, 7) is 0.712. The molecule has 102 valence electrons. The molecule has 1 atom stereocenters. The quantitative estimate of drug-likeness (QED) is 0.766. The summed E-state index contributed by atoms with van der Waals surface area (Å²) in [5, 5.41) is 0. The second kappa shape index (κ2) is 6.33. The van der Waals surface area contributed by atoms with E-state index in [1.165, 1.54) is 0 Å². The van der Waals surface area contributed by atoms with E-state index in [0.717, 1.165) is 28.2 Å². The second-order valence-corrected chi connectivity index (χ2v) is 6.78. The van der Waals surface area contributed by atoms with Gasteiger partial charge in [-0.25, -0.2) is 0 Å². The number of rotatable bonds is 2. The molecule has 0 bridgehead atoms. The van der Waals surface area contributed by atoms with Gasteiger partial charge in [-0.3, -0.25) is 4.79 Å². The molecule has 1 heterocycles. The van der Waals surface area contributed by atoms with Gasteiger partial charge in [-0.05, 0) is 53.4 Å². The number of piperidine rings is 1. The van der Waals surface area contributed by atoms with Gasteiger partial charge in [0.2, 0.25) is 0 Å². The predicted molar refractivity (Wildman–Crippen MR) is 87.3 cm³/mol. The fraction of sp³-hybridized carbons (Fsp3) is 0.385. The molecule has 1 aromatic rings. The van der Waals surface area contributed by atoms with E-state index in [1.54, 1.807) is 4.90 Å². The second-order valence-electron chi connectivity index (χ2n) is 4.54. The first-order valence-corrected chi connectivity index (χ1v) is 8.05. The summed E-state index contributed by atoms with van der Waals surface area (Å²) >= 11 is 11.9. The summed E-state index contributed by atoms with van der Waals surface area (Å²) in [7, 11) is 0. The Labute approximate surface area is 134 Å². The van der Waals surface area contributed by atoms with E-state index in [9.17, 15) is 4.79 Å². The van der Waals surface area contributed by atoms with E-state index in [1.807, 2.05) is 18.2 Å². The largest absolute Gasteiger partial charge is 0.392 e. The number of hydrogen-bond acceptors (Lipinski definition) is 2. The summed E-state index contributed by atoms with van der Waals surface area (Å²) < 4.78 is 1.71. The molecule has 19 heavy (non-hydrogen) atoms. The van der Waals surface area contributed by atoms with Gasteiger partial charge in [-0.1, -0.05) is 28.1 Å². The summed E-state index contributed by atoms with van der Waals surface area (Å²) in [6.07, 6.45) is 2.92. The van der Waals surface area contributed by atoms with Crippen LogP contribution in [-0.2, 0) is 0 Å². The lowest BCUT2D eigenvalue weighted by atomic mass is 10.0. The van der Waals surface area contributed by atoms with Crippen molar-refractivity contribution in [3.05, 3.63) is 32.7 Å². The fourth-order valence-corrected chi connectivity index (χ4v) is 3.75. The van der Waals surface area contributed by atoms with Gasteiger partial charge >= 0.3 is 0 Å². The lowest BCUT2D eigenvalue weighted by molar-refractivity contribution is 0.0680. The number of thiocarbonyl (C=S) groups is 1. The first-order chi connectivity index (χ1) is 9.00. The normalized spacial score (nSPS) is 19.3. The van der Waals surface area contributed by atoms with Crippen LogP contribution in [0.2, 0.25) is 0 Å². The van der Waals surface area contributed by atoms with Crippen molar-refractivity contribution in [2.45, 2.75) is 25.3 Å². The van der Waals surface area contributed by atoms with Crippen LogP contribution in [0.5, 0.6) is 0 Å². The molecule has 3 nitrogen and oxygen atoms in total. The zero-order chi connectivity index (χ0) is 14.0. The van der Waals surface area contributed by atoms with Crippen LogP contribution in [0.3, 0.4) is 0 Å². The van der Waals surface area contributed by atoms with Crippen LogP contribution in [0, 0.1) is 0 Å². The summed E-state index contributed by atoms with van der Waals surface area (Å²) in [5.74, 6) is -0.0168. The van der Waals surface area contributed by atoms with Gasteiger partial charge in [0.1, 0.15) is 0 Å². The molecule has 1 amide bonds. The van der Waals surface area contributed by atoms with E-state index >= 15 is 0 Å². The Bertz CT molecular complexity index is 521. The van der Waals surface area contributed by atoms with Crippen molar-refractivity contribution < 1.29 is 4.79 Å². The Morgan fingerprint density at radius 3 is 2.74 bits per heavy atom. The van der Waals surface area contributed by atoms with Crippen LogP contribution in [-0.4, -0.2) is 28.4 Å². The van der Waals surface area contributed by atoms with Crippen LogP contribution in [0.25, 0.3) is 0 Å². The van der Waals surface area contributed by atoms with E-state index < -0.39 is 0 Å². The zero-order valence-electron chi connectivity index (χ0n) is 10.2. The van der Waals surface area contributed by atoms with Gasteiger partial charge in [0, 0.05) is 15.5 Å². The maximum Gasteiger partial charge on any atom is 0.255 e. The number of nitrogens with two attached hydrogens (primary N) is 1. The molecule has 1 unspecified atom stereocenters. The van der Waals surface area contributed by atoms with Gasteiger partial charge in [0.25, 0.3) is 5.91 Å². The summed E-state index contributed by atoms with van der Waals surface area (Å²) in [6, 6.07) is 5.42. The van der Waals surface area contributed by atoms with Crippen molar-refractivity contribution in [2.75, 3.05) is 6.54 Å². The highest BCUT2D eigenvalue weighted by Crippen LogP contribution is 2.26. The molecule has 0 aliphatic carbocycles. The highest BCUT2D eigenvalue weighted by atomic mass is 79.9. The maximum atomic E-state index is 12.6. The molecule has 2 N–H and O–H groups in total. The molecule has 6 heteroatoms. The van der Waals surface area contributed by atoms with Gasteiger partial charge in [-0.15, -0.1) is 0 Å². The van der Waals surface area contributed by atoms with E-state index in [2.05, 4.69) is 31.9 Å². The van der Waals surface area contributed by atoms with Crippen molar-refractivity contribution >= 4 is 55.0 Å². The molecule has 1 fully saturated rings. The number of carbonyl (C=O) groups excluding carboxylic acids is 1. The molecular formula is C13H14Br2N2OS. The minimum Gasteiger partial charge on any atom is -0.392 e. The van der Waals surface area contributed by atoms with Crippen molar-refractivity contribution in [2.24, 2.45) is 5.73 Å². The Kier molecular flexibility index (Phi) is 4.97. The zero-order valence-corrected chi connectivity index (χ0v) is 14.2. The van der Waals surface area contributed by atoms with E-state index in [-0.39, 0.29) is 11.9 Å². The molecular weight excluding hydrogens is 392 g/mol. The number of likely N-dealkylation sites (tertiary alicyclic amines) is 1. The number of halogens is 2. The Morgan fingerprint density at radius 1 is 1.37 bits per heavy atom. The molecule has 1 aliphatic rings. The Hall–Kier alpha value is -0.460. The standard InChI is InChI=1S/C13H14Br2N2OS/c14-8-4-5-9(10(15)7-8)13(18)17-6-2-1-3-11(17)12(16)19/h4-5,7,11H,1-3,6H2,(H2,16,19). The van der Waals surface area contributed by atoms with Crippen molar-refractivity contribution in [1.29, 1.82) is 0 Å². The molecule has 0 saturated carbocycles. The minimum atomic E-state index is -0.119. The van der Waals surface area contributed by atoms with Gasteiger partial charge in [0.15, 0.2) is 0 Å². The third kappa shape index (κ3) is 3.35. The minimum absolute atomic E-state index is 0.0168. The van der Waals surface area contributed by atoms with E-state index in [4.69, 9.17) is 18.0 Å². The lowest BCUT2D eigenvalue weighted by Crippen LogP contribution is -2.49. The number of benzene rings is 1. The third-order valence-corrected chi connectivity index (χ3v) is 4.68. The average Bonchev–Trinajstić information content (AvgIpc) is 2.38. The maximum absolute atomic E-state index is 12.6. The highest BCUT2D eigenvalue weighted by molar-refractivity contribution is 9.11. The molecule has 0 aromatic heterocycles. The fourth-order valence-electron chi connectivity index (χ4n) is 2.29. The Morgan fingerprint density at radius 2 is 2.11 bits per heavy atom. The van der Waals surface area contributed by atoms with Crippen molar-refractivity contribution in [3.63, 3.8) is 0 Å². The molecule has 0 radical (unpaired) electrons. The van der Waals surface area contributed by atoms with E-state index in [0.29, 0.717) is 17.1 Å². The monoisotopic (exact) mass is 404 g/mol. The smallest absolute Gasteiger partial charge is 0.255 e. The number of carbonyl (C=O) groups is 1. The highest BCUT2D eigenvalue weighted by Gasteiger charge is 2.30. The topological polar surface area (TPSA) is 46.3 Å². The molecule has 1 aliphatic heterocycles. The van der Waals surface area contributed by atoms with Crippen molar-refractivity contribution in [3.8, 4) is 0 Å². The molecule has 1 aromatic carbocycles. The van der Waals surface area contributed by atoms with Crippen LogP contribution in [0.4, 0.5) is 0 Å². The lowest BCUT2D eigenvalue weighted by Gasteiger charge is -2.35. The SMILES string of the molecule is NC(=S)C1CCCCN1C(=O)c1ccc(Br)cc1Br. The van der Waals surface area contributed by atoms with Crippen LogP contribution < -0.4 is 5.73 Å². The number of hydrogen-bond donors (Lipinski definition) is 1. The van der Waals surface area contributed by atoms with Crippen LogP contribution >= 0.6 is 44.1 Å². The van der Waals surface area contributed by atoms with Gasteiger partial charge in [0.05, 0.1) is 16.6 Å². The molecule has 1 saturated heterocycles. The molecule has 2 rings (SSSR count).